The summed E-state index contributed by atoms with van der Waals surface area (Å²) in [5.74, 6) is 0.385. The van der Waals surface area contributed by atoms with Crippen LogP contribution in [0.1, 0.15) is 39.3 Å². The third-order valence-corrected chi connectivity index (χ3v) is 3.65. The number of carbonyl (C=O) groups excluding carboxylic acids is 1. The summed E-state index contributed by atoms with van der Waals surface area (Å²) in [5.41, 5.74) is 6.38. The van der Waals surface area contributed by atoms with Crippen LogP contribution in [0.2, 0.25) is 0 Å². The number of pyridine rings is 1. The fourth-order valence-electron chi connectivity index (χ4n) is 2.33. The van der Waals surface area contributed by atoms with Gasteiger partial charge in [0.2, 0.25) is 0 Å². The predicted octanol–water partition coefficient (Wildman–Crippen LogP) is 1.93. The van der Waals surface area contributed by atoms with Gasteiger partial charge in [-0.25, -0.2) is 4.79 Å². The van der Waals surface area contributed by atoms with E-state index in [1.165, 1.54) is 0 Å². The molecule has 0 atom stereocenters. The Kier molecular flexibility index (Phi) is 6.61. The average Bonchev–Trinajstić information content (AvgIpc) is 3.35. The molecule has 7 nitrogen and oxygen atoms in total. The molecule has 1 aromatic rings. The number of nitrogens with one attached hydrogen (secondary N) is 1. The number of amides is 1. The van der Waals surface area contributed by atoms with Gasteiger partial charge in [-0.1, -0.05) is 6.07 Å². The molecule has 3 N–H and O–H groups in total. The van der Waals surface area contributed by atoms with Crippen LogP contribution in [0.5, 0.6) is 0 Å². The van der Waals surface area contributed by atoms with Crippen molar-refractivity contribution >= 4 is 12.1 Å². The minimum absolute atomic E-state index is 0.262. The van der Waals surface area contributed by atoms with Gasteiger partial charge in [0.15, 0.2) is 5.96 Å². The van der Waals surface area contributed by atoms with E-state index < -0.39 is 5.60 Å². The van der Waals surface area contributed by atoms with Crippen molar-refractivity contribution in [2.24, 2.45) is 10.7 Å². The van der Waals surface area contributed by atoms with Gasteiger partial charge in [-0.3, -0.25) is 9.98 Å². The van der Waals surface area contributed by atoms with E-state index in [-0.39, 0.29) is 6.09 Å². The molecule has 1 aromatic heterocycles. The lowest BCUT2D eigenvalue weighted by Gasteiger charge is -2.27. The molecule has 25 heavy (non-hydrogen) atoms. The van der Waals surface area contributed by atoms with E-state index >= 15 is 0 Å². The minimum atomic E-state index is -0.483. The van der Waals surface area contributed by atoms with E-state index in [4.69, 9.17) is 10.5 Å². The second kappa shape index (κ2) is 8.69. The Labute approximate surface area is 149 Å². The first-order valence-electron chi connectivity index (χ1n) is 8.78. The number of rotatable bonds is 7. The van der Waals surface area contributed by atoms with Crippen molar-refractivity contribution in [2.45, 2.75) is 51.7 Å². The first kappa shape index (κ1) is 19.0. The maximum Gasteiger partial charge on any atom is 0.410 e. The number of aromatic nitrogens is 1. The SMILES string of the molecule is CC(C)(C)OC(=O)N(CCNC(N)=NCCc1ccccn1)C1CC1. The van der Waals surface area contributed by atoms with Crippen LogP contribution >= 0.6 is 0 Å². The Morgan fingerprint density at radius 2 is 2.20 bits per heavy atom. The summed E-state index contributed by atoms with van der Waals surface area (Å²) < 4.78 is 5.46. The monoisotopic (exact) mass is 347 g/mol. The molecule has 138 valence electrons. The maximum atomic E-state index is 12.3. The summed E-state index contributed by atoms with van der Waals surface area (Å²) >= 11 is 0. The zero-order valence-electron chi connectivity index (χ0n) is 15.4. The van der Waals surface area contributed by atoms with Crippen molar-refractivity contribution in [1.82, 2.24) is 15.2 Å². The van der Waals surface area contributed by atoms with E-state index in [2.05, 4.69) is 15.3 Å². The molecule has 0 aromatic carbocycles. The van der Waals surface area contributed by atoms with Crippen molar-refractivity contribution in [1.29, 1.82) is 0 Å². The second-order valence-corrected chi connectivity index (χ2v) is 7.17. The fraction of sp³-hybridized carbons (Fsp3) is 0.611. The van der Waals surface area contributed by atoms with Gasteiger partial charge in [0.1, 0.15) is 5.60 Å². The second-order valence-electron chi connectivity index (χ2n) is 7.17. The third kappa shape index (κ3) is 7.41. The van der Waals surface area contributed by atoms with Crippen molar-refractivity contribution in [2.75, 3.05) is 19.6 Å². The zero-order chi connectivity index (χ0) is 18.3. The zero-order valence-corrected chi connectivity index (χ0v) is 15.4. The molecule has 1 saturated carbocycles. The summed E-state index contributed by atoms with van der Waals surface area (Å²) in [5, 5.41) is 3.06. The number of hydrogen-bond donors (Lipinski definition) is 2. The first-order valence-corrected chi connectivity index (χ1v) is 8.78. The molecule has 1 aliphatic rings. The van der Waals surface area contributed by atoms with Crippen LogP contribution in [0.3, 0.4) is 0 Å². The quantitative estimate of drug-likeness (QED) is 0.581. The predicted molar refractivity (Wildman–Crippen MR) is 98.4 cm³/mol. The van der Waals surface area contributed by atoms with Crippen LogP contribution in [0.15, 0.2) is 29.4 Å². The number of carbonyl (C=O) groups is 1. The van der Waals surface area contributed by atoms with Crippen LogP contribution < -0.4 is 11.1 Å². The Bertz CT molecular complexity index is 579. The van der Waals surface area contributed by atoms with Crippen LogP contribution in [0.25, 0.3) is 0 Å². The lowest BCUT2D eigenvalue weighted by atomic mass is 10.2. The highest BCUT2D eigenvalue weighted by molar-refractivity contribution is 5.77. The number of nitrogens with two attached hydrogens (primary N) is 1. The van der Waals surface area contributed by atoms with Crippen LogP contribution in [0.4, 0.5) is 4.79 Å². The lowest BCUT2D eigenvalue weighted by Crippen LogP contribution is -2.44. The summed E-state index contributed by atoms with van der Waals surface area (Å²) in [4.78, 5) is 22.6. The summed E-state index contributed by atoms with van der Waals surface area (Å²) in [6, 6.07) is 6.10. The fourth-order valence-corrected chi connectivity index (χ4v) is 2.33. The molecule has 1 fully saturated rings. The Hall–Kier alpha value is -2.31. The van der Waals surface area contributed by atoms with Gasteiger partial charge in [0, 0.05) is 44.0 Å². The topological polar surface area (TPSA) is 92.8 Å². The van der Waals surface area contributed by atoms with Gasteiger partial charge in [0.25, 0.3) is 0 Å². The van der Waals surface area contributed by atoms with Crippen LogP contribution in [-0.2, 0) is 11.2 Å². The molecular formula is C18H29N5O2. The van der Waals surface area contributed by atoms with Gasteiger partial charge in [-0.05, 0) is 45.7 Å². The molecule has 0 saturated heterocycles. The lowest BCUT2D eigenvalue weighted by molar-refractivity contribution is 0.0238. The summed E-state index contributed by atoms with van der Waals surface area (Å²) in [6.45, 7) is 7.31. The third-order valence-electron chi connectivity index (χ3n) is 3.65. The van der Waals surface area contributed by atoms with E-state index in [0.717, 1.165) is 25.0 Å². The maximum absolute atomic E-state index is 12.3. The largest absolute Gasteiger partial charge is 0.444 e. The van der Waals surface area contributed by atoms with Gasteiger partial charge < -0.3 is 20.7 Å². The van der Waals surface area contributed by atoms with Gasteiger partial charge in [-0.15, -0.1) is 0 Å². The molecule has 1 heterocycles. The summed E-state index contributed by atoms with van der Waals surface area (Å²) in [6.07, 6.45) is 4.32. The molecular weight excluding hydrogens is 318 g/mol. The standard InChI is InChI=1S/C18H29N5O2/c1-18(2,3)25-17(24)23(15-7-8-15)13-12-22-16(19)21-11-9-14-6-4-5-10-20-14/h4-6,10,15H,7-9,11-13H2,1-3H3,(H3,19,21,22). The minimum Gasteiger partial charge on any atom is -0.444 e. The molecule has 0 unspecified atom stereocenters. The van der Waals surface area contributed by atoms with Crippen LogP contribution in [0, 0.1) is 0 Å². The van der Waals surface area contributed by atoms with E-state index in [1.54, 1.807) is 11.1 Å². The normalized spacial score (nSPS) is 14.9. The smallest absolute Gasteiger partial charge is 0.410 e. The van der Waals surface area contributed by atoms with Crippen molar-refractivity contribution < 1.29 is 9.53 Å². The summed E-state index contributed by atoms with van der Waals surface area (Å²) in [7, 11) is 0. The van der Waals surface area contributed by atoms with E-state index in [9.17, 15) is 4.79 Å². The van der Waals surface area contributed by atoms with Gasteiger partial charge >= 0.3 is 6.09 Å². The van der Waals surface area contributed by atoms with Crippen molar-refractivity contribution in [3.05, 3.63) is 30.1 Å². The number of hydrogen-bond acceptors (Lipinski definition) is 4. The molecule has 1 amide bonds. The van der Waals surface area contributed by atoms with Gasteiger partial charge in [0.05, 0.1) is 0 Å². The molecule has 0 spiro atoms. The average molecular weight is 347 g/mol. The van der Waals surface area contributed by atoms with E-state index in [1.807, 2.05) is 39.0 Å². The van der Waals surface area contributed by atoms with Crippen molar-refractivity contribution in [3.63, 3.8) is 0 Å². The highest BCUT2D eigenvalue weighted by Crippen LogP contribution is 2.27. The molecule has 0 aliphatic heterocycles. The first-order chi connectivity index (χ1) is 11.8. The number of aliphatic imine (C=N–C) groups is 1. The number of guanidine groups is 1. The molecule has 7 heteroatoms. The highest BCUT2D eigenvalue weighted by Gasteiger charge is 2.34. The highest BCUT2D eigenvalue weighted by atomic mass is 16.6. The number of ether oxygens (including phenoxy) is 1. The molecule has 1 aliphatic carbocycles. The van der Waals surface area contributed by atoms with Crippen molar-refractivity contribution in [3.8, 4) is 0 Å². The van der Waals surface area contributed by atoms with Gasteiger partial charge in [-0.2, -0.15) is 0 Å². The number of nitrogens with zero attached hydrogens (tertiary/aromatic N) is 3. The Balaban J connectivity index is 1.71. The van der Waals surface area contributed by atoms with E-state index in [0.29, 0.717) is 31.6 Å². The Morgan fingerprint density at radius 3 is 2.80 bits per heavy atom. The molecule has 0 bridgehead atoms. The Morgan fingerprint density at radius 1 is 1.44 bits per heavy atom. The molecule has 2 rings (SSSR count). The molecule has 0 radical (unpaired) electrons. The van der Waals surface area contributed by atoms with Crippen LogP contribution in [-0.4, -0.2) is 53.2 Å².